The lowest BCUT2D eigenvalue weighted by Gasteiger charge is -1.90. The Morgan fingerprint density at radius 1 is 1.12 bits per heavy atom. The molecule has 0 atom stereocenters. The van der Waals surface area contributed by atoms with Crippen molar-refractivity contribution in [3.63, 3.8) is 0 Å². The first kappa shape index (κ1) is 7.63. The molecule has 0 aliphatic carbocycles. The molecule has 0 heterocycles. The average molecular weight is 113 g/mol. The van der Waals surface area contributed by atoms with E-state index in [2.05, 4.69) is 0 Å². The van der Waals surface area contributed by atoms with Crippen LogP contribution in [0.3, 0.4) is 0 Å². The van der Waals surface area contributed by atoms with Gasteiger partial charge >= 0.3 is 0 Å². The van der Waals surface area contributed by atoms with E-state index < -0.39 is 0 Å². The standard InChI is InChI=1S/C6H13N2/c7-5-3-1-2-4-6-8/h5,7-8H,1-4,6H2. The minimum Gasteiger partial charge on any atom is -0.313 e. The summed E-state index contributed by atoms with van der Waals surface area (Å²) in [7, 11) is 0. The molecule has 0 saturated heterocycles. The van der Waals surface area contributed by atoms with Crippen LogP contribution in [-0.2, 0) is 0 Å². The average Bonchev–Trinajstić information content (AvgIpc) is 1.81. The van der Waals surface area contributed by atoms with Gasteiger partial charge in [0.2, 0.25) is 0 Å². The summed E-state index contributed by atoms with van der Waals surface area (Å²) < 4.78 is 0. The van der Waals surface area contributed by atoms with Crippen molar-refractivity contribution in [2.24, 2.45) is 0 Å². The molecule has 8 heavy (non-hydrogen) atoms. The maximum atomic E-state index is 6.78. The van der Waals surface area contributed by atoms with E-state index in [-0.39, 0.29) is 0 Å². The Morgan fingerprint density at radius 2 is 1.88 bits per heavy atom. The SMILES string of the molecule is [NH]CCCCCC=N. The largest absolute Gasteiger partial charge is 0.313 e. The van der Waals surface area contributed by atoms with Gasteiger partial charge in [-0.2, -0.15) is 0 Å². The van der Waals surface area contributed by atoms with Gasteiger partial charge in [-0.25, -0.2) is 0 Å². The Bertz CT molecular complexity index is 52.5. The molecule has 0 bridgehead atoms. The fourth-order valence-corrected chi connectivity index (χ4v) is 0.548. The Morgan fingerprint density at radius 3 is 2.38 bits per heavy atom. The number of hydrogen-bond donors (Lipinski definition) is 1. The predicted molar refractivity (Wildman–Crippen MR) is 35.2 cm³/mol. The van der Waals surface area contributed by atoms with Crippen molar-refractivity contribution in [2.45, 2.75) is 25.7 Å². The minimum absolute atomic E-state index is 0.540. The first-order chi connectivity index (χ1) is 3.91. The summed E-state index contributed by atoms with van der Waals surface area (Å²) in [6.07, 6.45) is 5.51. The zero-order valence-electron chi connectivity index (χ0n) is 5.11. The lowest BCUT2D eigenvalue weighted by molar-refractivity contribution is 0.700. The molecule has 0 fully saturated rings. The molecule has 0 unspecified atom stereocenters. The summed E-state index contributed by atoms with van der Waals surface area (Å²) in [6.45, 7) is 0.540. The summed E-state index contributed by atoms with van der Waals surface area (Å²) in [5.74, 6) is 0. The Balaban J connectivity index is 2.62. The molecule has 0 aromatic heterocycles. The van der Waals surface area contributed by atoms with Gasteiger partial charge in [0, 0.05) is 6.54 Å². The molecular weight excluding hydrogens is 100 g/mol. The van der Waals surface area contributed by atoms with Gasteiger partial charge in [0.1, 0.15) is 0 Å². The van der Waals surface area contributed by atoms with Crippen LogP contribution in [0.2, 0.25) is 0 Å². The topological polar surface area (TPSA) is 47.7 Å². The fraction of sp³-hybridized carbons (Fsp3) is 0.833. The minimum atomic E-state index is 0.540. The summed E-state index contributed by atoms with van der Waals surface area (Å²) in [5, 5.41) is 6.67. The molecule has 1 radical (unpaired) electrons. The van der Waals surface area contributed by atoms with Crippen molar-refractivity contribution in [3.8, 4) is 0 Å². The van der Waals surface area contributed by atoms with E-state index in [9.17, 15) is 0 Å². The summed E-state index contributed by atoms with van der Waals surface area (Å²) in [4.78, 5) is 0. The molecule has 0 aliphatic rings. The molecule has 0 aromatic carbocycles. The second-order valence-corrected chi connectivity index (χ2v) is 1.80. The molecule has 0 aliphatic heterocycles. The first-order valence-electron chi connectivity index (χ1n) is 3.05. The molecule has 0 amide bonds. The van der Waals surface area contributed by atoms with Crippen LogP contribution in [0.5, 0.6) is 0 Å². The molecule has 2 N–H and O–H groups in total. The van der Waals surface area contributed by atoms with Crippen molar-refractivity contribution < 1.29 is 0 Å². The zero-order valence-corrected chi connectivity index (χ0v) is 5.11. The quantitative estimate of drug-likeness (QED) is 0.414. The van der Waals surface area contributed by atoms with Crippen molar-refractivity contribution in [1.82, 2.24) is 5.73 Å². The van der Waals surface area contributed by atoms with Crippen LogP contribution in [0, 0.1) is 5.41 Å². The van der Waals surface area contributed by atoms with Crippen LogP contribution in [0.15, 0.2) is 0 Å². The third-order valence-corrected chi connectivity index (χ3v) is 1.03. The zero-order chi connectivity index (χ0) is 6.24. The van der Waals surface area contributed by atoms with E-state index in [0.717, 1.165) is 25.7 Å². The molecular formula is C6H13N2. The Labute approximate surface area is 50.6 Å². The van der Waals surface area contributed by atoms with E-state index >= 15 is 0 Å². The highest BCUT2D eigenvalue weighted by Crippen LogP contribution is 1.95. The lowest BCUT2D eigenvalue weighted by atomic mass is 10.2. The van der Waals surface area contributed by atoms with Crippen LogP contribution in [0.25, 0.3) is 0 Å². The maximum Gasteiger partial charge on any atom is 0.00997 e. The van der Waals surface area contributed by atoms with Crippen LogP contribution in [-0.4, -0.2) is 12.8 Å². The first-order valence-corrected chi connectivity index (χ1v) is 3.05. The van der Waals surface area contributed by atoms with Gasteiger partial charge in [0.15, 0.2) is 0 Å². The third kappa shape index (κ3) is 5.63. The molecule has 0 spiro atoms. The van der Waals surface area contributed by atoms with E-state index in [4.69, 9.17) is 11.1 Å². The number of unbranched alkanes of at least 4 members (excludes halogenated alkanes) is 3. The second-order valence-electron chi connectivity index (χ2n) is 1.80. The molecule has 0 aromatic rings. The normalized spacial score (nSPS) is 9.12. The smallest absolute Gasteiger partial charge is 0.00997 e. The monoisotopic (exact) mass is 113 g/mol. The van der Waals surface area contributed by atoms with Gasteiger partial charge in [-0.05, 0) is 25.5 Å². The van der Waals surface area contributed by atoms with E-state index in [1.54, 1.807) is 0 Å². The van der Waals surface area contributed by atoms with Crippen LogP contribution in [0.4, 0.5) is 0 Å². The van der Waals surface area contributed by atoms with Crippen LogP contribution < -0.4 is 5.73 Å². The molecule has 47 valence electrons. The highest BCUT2D eigenvalue weighted by molar-refractivity contribution is 5.52. The molecule has 0 saturated carbocycles. The summed E-state index contributed by atoms with van der Waals surface area (Å²) in [6, 6.07) is 0. The third-order valence-electron chi connectivity index (χ3n) is 1.03. The van der Waals surface area contributed by atoms with Crippen LogP contribution in [0.1, 0.15) is 25.7 Å². The van der Waals surface area contributed by atoms with Gasteiger partial charge in [-0.15, -0.1) is 0 Å². The molecule has 2 nitrogen and oxygen atoms in total. The lowest BCUT2D eigenvalue weighted by Crippen LogP contribution is -1.84. The van der Waals surface area contributed by atoms with Crippen LogP contribution >= 0.6 is 0 Å². The van der Waals surface area contributed by atoms with Crippen molar-refractivity contribution in [3.05, 3.63) is 0 Å². The molecule has 2 heteroatoms. The number of hydrogen-bond acceptors (Lipinski definition) is 1. The number of rotatable bonds is 5. The highest BCUT2D eigenvalue weighted by Gasteiger charge is 1.82. The van der Waals surface area contributed by atoms with Gasteiger partial charge in [0.05, 0.1) is 0 Å². The maximum absolute atomic E-state index is 6.78. The van der Waals surface area contributed by atoms with E-state index in [1.807, 2.05) is 0 Å². The van der Waals surface area contributed by atoms with E-state index in [0.29, 0.717) is 6.54 Å². The highest BCUT2D eigenvalue weighted by atomic mass is 14.5. The summed E-state index contributed by atoms with van der Waals surface area (Å²) >= 11 is 0. The van der Waals surface area contributed by atoms with Gasteiger partial charge in [-0.3, -0.25) is 5.73 Å². The van der Waals surface area contributed by atoms with Gasteiger partial charge < -0.3 is 5.41 Å². The number of nitrogens with one attached hydrogen (secondary N) is 2. The predicted octanol–water partition coefficient (Wildman–Crippen LogP) is 1.48. The Kier molecular flexibility index (Phi) is 6.32. The van der Waals surface area contributed by atoms with Crippen molar-refractivity contribution in [1.29, 1.82) is 5.41 Å². The second kappa shape index (κ2) is 6.63. The van der Waals surface area contributed by atoms with Gasteiger partial charge in [0.25, 0.3) is 0 Å². The van der Waals surface area contributed by atoms with Gasteiger partial charge in [-0.1, -0.05) is 6.42 Å². The molecule has 0 rings (SSSR count). The van der Waals surface area contributed by atoms with Crippen molar-refractivity contribution >= 4 is 6.21 Å². The van der Waals surface area contributed by atoms with E-state index in [1.165, 1.54) is 6.21 Å². The van der Waals surface area contributed by atoms with Crippen molar-refractivity contribution in [2.75, 3.05) is 6.54 Å². The Hall–Kier alpha value is -0.370. The fourth-order valence-electron chi connectivity index (χ4n) is 0.548. The summed E-state index contributed by atoms with van der Waals surface area (Å²) in [5.41, 5.74) is 6.78.